The van der Waals surface area contributed by atoms with Crippen LogP contribution in [0.1, 0.15) is 22.5 Å². The van der Waals surface area contributed by atoms with E-state index in [1.807, 2.05) is 0 Å². The van der Waals surface area contributed by atoms with Crippen LogP contribution in [0, 0.1) is 12.7 Å². The summed E-state index contributed by atoms with van der Waals surface area (Å²) in [7, 11) is 0. The molecule has 26 heavy (non-hydrogen) atoms. The molecule has 7 heteroatoms. The first-order valence-electron chi connectivity index (χ1n) is 7.91. The Morgan fingerprint density at radius 1 is 1.19 bits per heavy atom. The van der Waals surface area contributed by atoms with Gasteiger partial charge < -0.3 is 15.1 Å². The molecule has 1 heterocycles. The van der Waals surface area contributed by atoms with E-state index in [0.717, 1.165) is 5.39 Å². The zero-order chi connectivity index (χ0) is 18.8. The highest BCUT2D eigenvalue weighted by Gasteiger charge is 2.25. The van der Waals surface area contributed by atoms with Gasteiger partial charge in [-0.05, 0) is 49.4 Å². The predicted molar refractivity (Wildman–Crippen MR) is 97.8 cm³/mol. The van der Waals surface area contributed by atoms with Gasteiger partial charge in [0, 0.05) is 34.6 Å². The zero-order valence-electron chi connectivity index (χ0n) is 14.0. The molecule has 0 fully saturated rings. The summed E-state index contributed by atoms with van der Waals surface area (Å²) < 4.78 is 18.9. The standard InChI is InChI=1S/C19H16ClFN2O3/c1-11-15-10-12(20)2-7-16(15)26-18(11)19(25)23(9-8-17(22)24)14-5-3-13(21)4-6-14/h2-7,10H,8-9H2,1H3,(H2,22,24). The minimum Gasteiger partial charge on any atom is -0.451 e. The summed E-state index contributed by atoms with van der Waals surface area (Å²) in [4.78, 5) is 25.6. The lowest BCUT2D eigenvalue weighted by atomic mass is 10.1. The lowest BCUT2D eigenvalue weighted by Crippen LogP contribution is -2.34. The Labute approximate surface area is 154 Å². The van der Waals surface area contributed by atoms with Gasteiger partial charge in [0.2, 0.25) is 5.91 Å². The Balaban J connectivity index is 2.03. The van der Waals surface area contributed by atoms with Gasteiger partial charge in [-0.15, -0.1) is 0 Å². The first kappa shape index (κ1) is 17.9. The molecule has 134 valence electrons. The fraction of sp³-hybridized carbons (Fsp3) is 0.158. The third-order valence-electron chi connectivity index (χ3n) is 4.06. The molecule has 2 N–H and O–H groups in total. The van der Waals surface area contributed by atoms with Gasteiger partial charge in [-0.1, -0.05) is 11.6 Å². The Morgan fingerprint density at radius 2 is 1.88 bits per heavy atom. The molecule has 2 amide bonds. The molecule has 1 aromatic heterocycles. The summed E-state index contributed by atoms with van der Waals surface area (Å²) in [5.41, 5.74) is 6.82. The molecule has 0 saturated carbocycles. The van der Waals surface area contributed by atoms with E-state index < -0.39 is 17.6 Å². The number of carbonyl (C=O) groups excluding carboxylic acids is 2. The minimum atomic E-state index is -0.543. The van der Waals surface area contributed by atoms with Gasteiger partial charge in [0.05, 0.1) is 0 Å². The van der Waals surface area contributed by atoms with Gasteiger partial charge in [-0.3, -0.25) is 9.59 Å². The van der Waals surface area contributed by atoms with Gasteiger partial charge >= 0.3 is 0 Å². The molecule has 0 unspecified atom stereocenters. The Hall–Kier alpha value is -2.86. The third-order valence-corrected chi connectivity index (χ3v) is 4.29. The van der Waals surface area contributed by atoms with Crippen molar-refractivity contribution < 1.29 is 18.4 Å². The van der Waals surface area contributed by atoms with Crippen molar-refractivity contribution in [2.24, 2.45) is 5.73 Å². The SMILES string of the molecule is Cc1c(C(=O)N(CCC(N)=O)c2ccc(F)cc2)oc2ccc(Cl)cc12. The number of fused-ring (bicyclic) bond motifs is 1. The summed E-state index contributed by atoms with van der Waals surface area (Å²) in [5.74, 6) is -1.28. The molecule has 0 aliphatic rings. The van der Waals surface area contributed by atoms with Crippen LogP contribution in [-0.4, -0.2) is 18.4 Å². The lowest BCUT2D eigenvalue weighted by Gasteiger charge is -2.21. The van der Waals surface area contributed by atoms with E-state index in [9.17, 15) is 14.0 Å². The number of nitrogens with two attached hydrogens (primary N) is 1. The average molecular weight is 375 g/mol. The molecular weight excluding hydrogens is 359 g/mol. The summed E-state index contributed by atoms with van der Waals surface area (Å²) in [5, 5.41) is 1.26. The van der Waals surface area contributed by atoms with Crippen LogP contribution in [0.5, 0.6) is 0 Å². The highest BCUT2D eigenvalue weighted by Crippen LogP contribution is 2.30. The number of halogens is 2. The zero-order valence-corrected chi connectivity index (χ0v) is 14.7. The van der Waals surface area contributed by atoms with Crippen LogP contribution in [0.3, 0.4) is 0 Å². The second-order valence-electron chi connectivity index (χ2n) is 5.85. The van der Waals surface area contributed by atoms with Crippen LogP contribution < -0.4 is 10.6 Å². The first-order valence-corrected chi connectivity index (χ1v) is 8.29. The second kappa shape index (κ2) is 7.17. The van der Waals surface area contributed by atoms with Crippen LogP contribution in [0.4, 0.5) is 10.1 Å². The number of furan rings is 1. The maximum atomic E-state index is 13.2. The number of benzene rings is 2. The van der Waals surface area contributed by atoms with Crippen molar-refractivity contribution in [3.05, 3.63) is 64.6 Å². The van der Waals surface area contributed by atoms with Crippen molar-refractivity contribution in [3.8, 4) is 0 Å². The van der Waals surface area contributed by atoms with Crippen molar-refractivity contribution in [1.29, 1.82) is 0 Å². The van der Waals surface area contributed by atoms with Crippen molar-refractivity contribution in [2.75, 3.05) is 11.4 Å². The summed E-state index contributed by atoms with van der Waals surface area (Å²) in [6.45, 7) is 1.81. The summed E-state index contributed by atoms with van der Waals surface area (Å²) >= 11 is 6.01. The van der Waals surface area contributed by atoms with Gasteiger partial charge in [-0.25, -0.2) is 4.39 Å². The smallest absolute Gasteiger partial charge is 0.294 e. The highest BCUT2D eigenvalue weighted by atomic mass is 35.5. The molecule has 0 saturated heterocycles. The van der Waals surface area contributed by atoms with E-state index in [1.165, 1.54) is 29.2 Å². The number of nitrogens with zero attached hydrogens (tertiary/aromatic N) is 1. The maximum absolute atomic E-state index is 13.2. The number of hydrogen-bond acceptors (Lipinski definition) is 3. The Morgan fingerprint density at radius 3 is 2.54 bits per heavy atom. The number of primary amides is 1. The van der Waals surface area contributed by atoms with Gasteiger partial charge in [0.15, 0.2) is 5.76 Å². The molecule has 0 spiro atoms. The van der Waals surface area contributed by atoms with Gasteiger partial charge in [0.25, 0.3) is 5.91 Å². The van der Waals surface area contributed by atoms with E-state index in [2.05, 4.69) is 0 Å². The van der Waals surface area contributed by atoms with E-state index in [1.54, 1.807) is 25.1 Å². The quantitative estimate of drug-likeness (QED) is 0.731. The topological polar surface area (TPSA) is 76.5 Å². The number of carbonyl (C=O) groups is 2. The van der Waals surface area contributed by atoms with Crippen LogP contribution in [0.15, 0.2) is 46.9 Å². The first-order chi connectivity index (χ1) is 12.4. The maximum Gasteiger partial charge on any atom is 0.294 e. The third kappa shape index (κ3) is 3.55. The van der Waals surface area contributed by atoms with Crippen molar-refractivity contribution in [1.82, 2.24) is 0 Å². The minimum absolute atomic E-state index is 0.0335. The molecule has 0 aliphatic carbocycles. The molecule has 0 atom stereocenters. The van der Waals surface area contributed by atoms with Crippen LogP contribution in [-0.2, 0) is 4.79 Å². The molecule has 2 aromatic carbocycles. The number of rotatable bonds is 5. The summed E-state index contributed by atoms with van der Waals surface area (Å²) in [6.07, 6.45) is -0.0335. The number of hydrogen-bond donors (Lipinski definition) is 1. The van der Waals surface area contributed by atoms with Crippen molar-refractivity contribution in [2.45, 2.75) is 13.3 Å². The van der Waals surface area contributed by atoms with E-state index in [0.29, 0.717) is 21.9 Å². The Bertz CT molecular complexity index is 982. The van der Waals surface area contributed by atoms with Crippen LogP contribution in [0.25, 0.3) is 11.0 Å². The lowest BCUT2D eigenvalue weighted by molar-refractivity contribution is -0.117. The molecule has 3 aromatic rings. The average Bonchev–Trinajstić information content (AvgIpc) is 2.92. The highest BCUT2D eigenvalue weighted by molar-refractivity contribution is 6.31. The van der Waals surface area contributed by atoms with Crippen molar-refractivity contribution in [3.63, 3.8) is 0 Å². The van der Waals surface area contributed by atoms with E-state index in [-0.39, 0.29) is 18.7 Å². The summed E-state index contributed by atoms with van der Waals surface area (Å²) in [6, 6.07) is 10.5. The number of amides is 2. The van der Waals surface area contributed by atoms with Crippen molar-refractivity contribution >= 4 is 40.1 Å². The fourth-order valence-electron chi connectivity index (χ4n) is 2.71. The largest absolute Gasteiger partial charge is 0.451 e. The molecule has 0 radical (unpaired) electrons. The van der Waals surface area contributed by atoms with Gasteiger partial charge in [0.1, 0.15) is 11.4 Å². The normalized spacial score (nSPS) is 10.9. The molecule has 5 nitrogen and oxygen atoms in total. The molecule has 0 bridgehead atoms. The van der Waals surface area contributed by atoms with Crippen LogP contribution >= 0.6 is 11.6 Å². The van der Waals surface area contributed by atoms with E-state index >= 15 is 0 Å². The van der Waals surface area contributed by atoms with Gasteiger partial charge in [-0.2, -0.15) is 0 Å². The van der Waals surface area contributed by atoms with E-state index in [4.69, 9.17) is 21.8 Å². The van der Waals surface area contributed by atoms with Crippen LogP contribution in [0.2, 0.25) is 5.02 Å². The molecule has 3 rings (SSSR count). The molecular formula is C19H16ClFN2O3. The number of anilines is 1. The second-order valence-corrected chi connectivity index (χ2v) is 6.28. The number of aryl methyl sites for hydroxylation is 1. The fourth-order valence-corrected chi connectivity index (χ4v) is 2.88. The predicted octanol–water partition coefficient (Wildman–Crippen LogP) is 4.06. The Kier molecular flexibility index (Phi) is 4.95. The monoisotopic (exact) mass is 374 g/mol. The molecule has 0 aliphatic heterocycles.